The van der Waals surface area contributed by atoms with E-state index in [1.807, 2.05) is 0 Å². The van der Waals surface area contributed by atoms with Gasteiger partial charge in [0.05, 0.1) is 10.7 Å². The molecular weight excluding hydrogens is 245 g/mol. The van der Waals surface area contributed by atoms with Crippen molar-refractivity contribution < 1.29 is 9.60 Å². The van der Waals surface area contributed by atoms with Gasteiger partial charge in [0, 0.05) is 13.0 Å². The van der Waals surface area contributed by atoms with Gasteiger partial charge in [0.15, 0.2) is 0 Å². The predicted octanol–water partition coefficient (Wildman–Crippen LogP) is 2.73. The van der Waals surface area contributed by atoms with Crippen LogP contribution in [-0.2, 0) is 0 Å². The van der Waals surface area contributed by atoms with E-state index in [1.165, 1.54) is 6.07 Å². The molecule has 1 rings (SSSR count). The van der Waals surface area contributed by atoms with E-state index in [0.29, 0.717) is 35.7 Å². The molecule has 0 amide bonds. The van der Waals surface area contributed by atoms with E-state index in [-0.39, 0.29) is 11.7 Å². The number of halogens is 2. The summed E-state index contributed by atoms with van der Waals surface area (Å²) in [4.78, 5) is 0. The van der Waals surface area contributed by atoms with E-state index in [9.17, 15) is 4.39 Å². The number of benzene rings is 1. The molecule has 4 N–H and O–H groups in total. The topological polar surface area (TPSA) is 70.6 Å². The molecular formula is C11H15ClFN3O. The third-order valence-electron chi connectivity index (χ3n) is 2.30. The van der Waals surface area contributed by atoms with Crippen LogP contribution in [0.25, 0.3) is 0 Å². The van der Waals surface area contributed by atoms with Crippen molar-refractivity contribution in [1.82, 2.24) is 0 Å². The van der Waals surface area contributed by atoms with E-state index < -0.39 is 0 Å². The summed E-state index contributed by atoms with van der Waals surface area (Å²) in [6.45, 7) is 2.29. The summed E-state index contributed by atoms with van der Waals surface area (Å²) < 4.78 is 13.1. The van der Waals surface area contributed by atoms with Crippen molar-refractivity contribution in [3.8, 4) is 0 Å². The number of rotatable bonds is 5. The van der Waals surface area contributed by atoms with Crippen LogP contribution in [0.4, 0.5) is 10.1 Å². The number of nitrogens with zero attached hydrogens (tertiary/aromatic N) is 1. The van der Waals surface area contributed by atoms with Crippen LogP contribution in [0, 0.1) is 12.7 Å². The molecule has 0 aliphatic heterocycles. The first-order valence-electron chi connectivity index (χ1n) is 5.20. The van der Waals surface area contributed by atoms with Crippen molar-refractivity contribution in [2.45, 2.75) is 19.8 Å². The molecule has 0 saturated heterocycles. The van der Waals surface area contributed by atoms with E-state index in [1.54, 1.807) is 13.0 Å². The zero-order valence-electron chi connectivity index (χ0n) is 9.50. The lowest BCUT2D eigenvalue weighted by atomic mass is 10.2. The highest BCUT2D eigenvalue weighted by atomic mass is 35.5. The second-order valence-corrected chi connectivity index (χ2v) is 4.11. The van der Waals surface area contributed by atoms with Crippen molar-refractivity contribution in [1.29, 1.82) is 0 Å². The highest BCUT2D eigenvalue weighted by molar-refractivity contribution is 6.33. The standard InChI is InChI=1S/C11H15ClFN3O/c1-7-5-10(8(12)6-9(7)13)15-4-2-3-11(14)16-17/h5-6,15,17H,2-4H2,1H3,(H2,14,16). The Labute approximate surface area is 104 Å². The minimum absolute atomic E-state index is 0.188. The van der Waals surface area contributed by atoms with Crippen LogP contribution in [0.5, 0.6) is 0 Å². The first kappa shape index (κ1) is 13.6. The maximum Gasteiger partial charge on any atom is 0.139 e. The second kappa shape index (κ2) is 6.30. The third-order valence-corrected chi connectivity index (χ3v) is 2.61. The minimum atomic E-state index is -0.322. The number of oxime groups is 1. The molecule has 1 aromatic rings. The van der Waals surface area contributed by atoms with Gasteiger partial charge in [0.25, 0.3) is 0 Å². The number of hydrogen-bond acceptors (Lipinski definition) is 3. The summed E-state index contributed by atoms with van der Waals surface area (Å²) in [7, 11) is 0. The van der Waals surface area contributed by atoms with E-state index in [4.69, 9.17) is 22.5 Å². The van der Waals surface area contributed by atoms with Crippen LogP contribution in [0.3, 0.4) is 0 Å². The number of aryl methyl sites for hydroxylation is 1. The molecule has 1 aromatic carbocycles. The molecule has 0 fully saturated rings. The van der Waals surface area contributed by atoms with Gasteiger partial charge in [-0.05, 0) is 31.0 Å². The van der Waals surface area contributed by atoms with Crippen molar-refractivity contribution in [3.63, 3.8) is 0 Å². The maximum absolute atomic E-state index is 13.1. The van der Waals surface area contributed by atoms with Gasteiger partial charge in [0.1, 0.15) is 11.7 Å². The van der Waals surface area contributed by atoms with Crippen molar-refractivity contribution in [2.75, 3.05) is 11.9 Å². The lowest BCUT2D eigenvalue weighted by Gasteiger charge is -2.09. The third kappa shape index (κ3) is 4.11. The van der Waals surface area contributed by atoms with Crippen LogP contribution in [0.1, 0.15) is 18.4 Å². The minimum Gasteiger partial charge on any atom is -0.409 e. The molecule has 17 heavy (non-hydrogen) atoms. The fourth-order valence-corrected chi connectivity index (χ4v) is 1.55. The molecule has 0 radical (unpaired) electrons. The molecule has 0 spiro atoms. The van der Waals surface area contributed by atoms with Gasteiger partial charge in [-0.1, -0.05) is 16.8 Å². The Kier molecular flexibility index (Phi) is 5.03. The Hall–Kier alpha value is -1.49. The number of nitrogens with two attached hydrogens (primary N) is 1. The Morgan fingerprint density at radius 1 is 1.59 bits per heavy atom. The smallest absolute Gasteiger partial charge is 0.139 e. The summed E-state index contributed by atoms with van der Waals surface area (Å²) in [5.74, 6) is -0.134. The Balaban J connectivity index is 2.50. The Morgan fingerprint density at radius 2 is 2.29 bits per heavy atom. The van der Waals surface area contributed by atoms with Gasteiger partial charge in [0.2, 0.25) is 0 Å². The van der Waals surface area contributed by atoms with Gasteiger partial charge in [-0.25, -0.2) is 4.39 Å². The van der Waals surface area contributed by atoms with E-state index >= 15 is 0 Å². The lowest BCUT2D eigenvalue weighted by molar-refractivity contribution is 0.316. The quantitative estimate of drug-likeness (QED) is 0.250. The number of hydrogen-bond donors (Lipinski definition) is 3. The fourth-order valence-electron chi connectivity index (χ4n) is 1.34. The summed E-state index contributed by atoms with van der Waals surface area (Å²) in [6.07, 6.45) is 1.18. The number of nitrogens with one attached hydrogen (secondary N) is 1. The predicted molar refractivity (Wildman–Crippen MR) is 67.3 cm³/mol. The molecule has 0 aliphatic carbocycles. The van der Waals surface area contributed by atoms with Gasteiger partial charge in [-0.3, -0.25) is 0 Å². The van der Waals surface area contributed by atoms with Crippen LogP contribution in [0.2, 0.25) is 5.02 Å². The average molecular weight is 260 g/mol. The first-order chi connectivity index (χ1) is 8.04. The van der Waals surface area contributed by atoms with E-state index in [0.717, 1.165) is 0 Å². The highest BCUT2D eigenvalue weighted by Crippen LogP contribution is 2.25. The van der Waals surface area contributed by atoms with Crippen LogP contribution < -0.4 is 11.1 Å². The maximum atomic E-state index is 13.1. The molecule has 0 heterocycles. The van der Waals surface area contributed by atoms with Crippen molar-refractivity contribution >= 4 is 23.1 Å². The molecule has 4 nitrogen and oxygen atoms in total. The fraction of sp³-hybridized carbons (Fsp3) is 0.364. The highest BCUT2D eigenvalue weighted by Gasteiger charge is 2.05. The van der Waals surface area contributed by atoms with E-state index in [2.05, 4.69) is 10.5 Å². The van der Waals surface area contributed by atoms with Crippen molar-refractivity contribution in [3.05, 3.63) is 28.5 Å². The Morgan fingerprint density at radius 3 is 2.94 bits per heavy atom. The number of anilines is 1. The zero-order chi connectivity index (χ0) is 12.8. The summed E-state index contributed by atoms with van der Waals surface area (Å²) in [5, 5.41) is 14.6. The van der Waals surface area contributed by atoms with Crippen LogP contribution in [-0.4, -0.2) is 17.6 Å². The van der Waals surface area contributed by atoms with Crippen LogP contribution in [0.15, 0.2) is 17.3 Å². The van der Waals surface area contributed by atoms with Gasteiger partial charge < -0.3 is 16.3 Å². The van der Waals surface area contributed by atoms with Gasteiger partial charge >= 0.3 is 0 Å². The molecule has 6 heteroatoms. The molecule has 0 bridgehead atoms. The Bertz CT molecular complexity index is 423. The molecule has 0 atom stereocenters. The monoisotopic (exact) mass is 259 g/mol. The summed E-state index contributed by atoms with van der Waals surface area (Å²) in [6, 6.07) is 2.93. The molecule has 0 saturated carbocycles. The summed E-state index contributed by atoms with van der Waals surface area (Å²) in [5.41, 5.74) is 6.54. The van der Waals surface area contributed by atoms with Crippen molar-refractivity contribution in [2.24, 2.45) is 10.9 Å². The SMILES string of the molecule is Cc1cc(NCCC/C(N)=N/O)c(Cl)cc1F. The largest absolute Gasteiger partial charge is 0.409 e. The molecule has 0 unspecified atom stereocenters. The molecule has 94 valence electrons. The summed E-state index contributed by atoms with van der Waals surface area (Å²) >= 11 is 5.88. The lowest BCUT2D eigenvalue weighted by Crippen LogP contribution is -2.13. The molecule has 0 aromatic heterocycles. The average Bonchev–Trinajstić information content (AvgIpc) is 2.30. The molecule has 0 aliphatic rings. The normalized spacial score (nSPS) is 11.6. The van der Waals surface area contributed by atoms with Gasteiger partial charge in [-0.15, -0.1) is 0 Å². The van der Waals surface area contributed by atoms with Crippen LogP contribution >= 0.6 is 11.6 Å². The number of amidine groups is 1. The second-order valence-electron chi connectivity index (χ2n) is 3.70. The first-order valence-corrected chi connectivity index (χ1v) is 5.58. The van der Waals surface area contributed by atoms with Gasteiger partial charge in [-0.2, -0.15) is 0 Å². The zero-order valence-corrected chi connectivity index (χ0v) is 10.3.